The molecule has 0 atom stereocenters. The van der Waals surface area contributed by atoms with E-state index in [1.165, 1.54) is 49.2 Å². The van der Waals surface area contributed by atoms with Crippen molar-refractivity contribution in [3.8, 4) is 5.88 Å². The molecule has 1 aliphatic heterocycles. The van der Waals surface area contributed by atoms with Crippen LogP contribution in [0.1, 0.15) is 65.7 Å². The summed E-state index contributed by atoms with van der Waals surface area (Å²) in [5, 5.41) is 2.96. The quantitative estimate of drug-likeness (QED) is 0.364. The maximum Gasteiger partial charge on any atom is 0.237 e. The van der Waals surface area contributed by atoms with Gasteiger partial charge in [0, 0.05) is 37.5 Å². The lowest BCUT2D eigenvalue weighted by atomic mass is 9.95. The number of aliphatic imine (C=N–C) groups is 2. The number of anilines is 2. The number of hydrogen-bond acceptors (Lipinski definition) is 6. The summed E-state index contributed by atoms with van der Waals surface area (Å²) in [5.41, 5.74) is 7.81. The zero-order chi connectivity index (χ0) is 29.0. The van der Waals surface area contributed by atoms with Gasteiger partial charge in [0.15, 0.2) is 0 Å². The minimum atomic E-state index is 0.502. The molecule has 0 amide bonds. The summed E-state index contributed by atoms with van der Waals surface area (Å²) in [4.78, 5) is 16.5. The topological polar surface area (TPSA) is 62.1 Å². The molecule has 2 aliphatic carbocycles. The number of para-hydroxylation sites is 2. The molecule has 2 aromatic rings. The Morgan fingerprint density at radius 2 is 1.90 bits per heavy atom. The van der Waals surface area contributed by atoms with E-state index in [2.05, 4.69) is 96.7 Å². The van der Waals surface area contributed by atoms with Gasteiger partial charge < -0.3 is 15.0 Å². The molecular formula is C35H45N5O. The lowest BCUT2D eigenvalue weighted by Crippen LogP contribution is -2.29. The van der Waals surface area contributed by atoms with Crippen molar-refractivity contribution in [2.75, 3.05) is 24.4 Å². The van der Waals surface area contributed by atoms with Gasteiger partial charge in [0.25, 0.3) is 0 Å². The molecular weight excluding hydrogens is 506 g/mol. The highest BCUT2D eigenvalue weighted by Gasteiger charge is 2.26. The number of benzene rings is 1. The highest BCUT2D eigenvalue weighted by atomic mass is 16.5. The molecule has 0 saturated heterocycles. The molecule has 5 rings (SSSR count). The number of pyridine rings is 1. The molecule has 0 spiro atoms. The second-order valence-electron chi connectivity index (χ2n) is 10.8. The first-order valence-corrected chi connectivity index (χ1v) is 15.0. The molecule has 1 fully saturated rings. The highest BCUT2D eigenvalue weighted by molar-refractivity contribution is 6.11. The molecule has 0 bridgehead atoms. The smallest absolute Gasteiger partial charge is 0.237 e. The number of methoxy groups -OCH3 is 1. The number of ether oxygens (including phenoxy) is 1. The monoisotopic (exact) mass is 551 g/mol. The van der Waals surface area contributed by atoms with Crippen LogP contribution in [0, 0.1) is 5.92 Å². The predicted molar refractivity (Wildman–Crippen MR) is 175 cm³/mol. The fourth-order valence-corrected chi connectivity index (χ4v) is 5.30. The third kappa shape index (κ3) is 8.06. The van der Waals surface area contributed by atoms with Crippen LogP contribution in [0.2, 0.25) is 0 Å². The Labute approximate surface area is 246 Å². The molecule has 6 nitrogen and oxygen atoms in total. The van der Waals surface area contributed by atoms with Crippen molar-refractivity contribution in [1.29, 1.82) is 0 Å². The van der Waals surface area contributed by atoms with E-state index < -0.39 is 0 Å². The Balaban J connectivity index is 0.000000328. The van der Waals surface area contributed by atoms with Crippen molar-refractivity contribution in [2.24, 2.45) is 15.9 Å². The SMILES string of the molecule is C/C=C(\C=C/C(C)C)N1/C2=C/CC(=NC3CCCCC3)/C=C\CC2=Nc2ccccc21.CNc1cccnc1OC. The van der Waals surface area contributed by atoms with E-state index in [0.29, 0.717) is 17.8 Å². The molecule has 1 aromatic carbocycles. The summed E-state index contributed by atoms with van der Waals surface area (Å²) < 4.78 is 4.96. The summed E-state index contributed by atoms with van der Waals surface area (Å²) in [6.07, 6.45) is 23.4. The van der Waals surface area contributed by atoms with Gasteiger partial charge in [-0.25, -0.2) is 9.98 Å². The Morgan fingerprint density at radius 1 is 1.10 bits per heavy atom. The third-order valence-corrected chi connectivity index (χ3v) is 7.40. The van der Waals surface area contributed by atoms with E-state index in [4.69, 9.17) is 14.7 Å². The minimum absolute atomic E-state index is 0.502. The average molecular weight is 552 g/mol. The Bertz CT molecular complexity index is 1320. The first-order chi connectivity index (χ1) is 20.0. The predicted octanol–water partition coefficient (Wildman–Crippen LogP) is 8.83. The zero-order valence-electron chi connectivity index (χ0n) is 25.3. The van der Waals surface area contributed by atoms with Crippen molar-refractivity contribution in [1.82, 2.24) is 4.98 Å². The van der Waals surface area contributed by atoms with Crippen LogP contribution in [0.15, 0.2) is 100 Å². The Hall–Kier alpha value is -3.93. The maximum absolute atomic E-state index is 5.13. The van der Waals surface area contributed by atoms with Gasteiger partial charge >= 0.3 is 0 Å². The fourth-order valence-electron chi connectivity index (χ4n) is 5.30. The molecule has 1 aromatic heterocycles. The molecule has 2 heterocycles. The van der Waals surface area contributed by atoms with Crippen LogP contribution < -0.4 is 15.0 Å². The van der Waals surface area contributed by atoms with Crippen molar-refractivity contribution in [3.63, 3.8) is 0 Å². The second-order valence-corrected chi connectivity index (χ2v) is 10.8. The van der Waals surface area contributed by atoms with Crippen LogP contribution >= 0.6 is 0 Å². The zero-order valence-corrected chi connectivity index (χ0v) is 25.3. The summed E-state index contributed by atoms with van der Waals surface area (Å²) in [6, 6.07) is 12.7. The molecule has 1 N–H and O–H groups in total. The van der Waals surface area contributed by atoms with E-state index in [0.717, 1.165) is 35.6 Å². The summed E-state index contributed by atoms with van der Waals surface area (Å²) in [6.45, 7) is 6.55. The van der Waals surface area contributed by atoms with Gasteiger partial charge in [-0.15, -0.1) is 0 Å². The first kappa shape index (κ1) is 30.0. The number of allylic oxidation sites excluding steroid dienone is 7. The minimum Gasteiger partial charge on any atom is -0.480 e. The molecule has 6 heteroatoms. The van der Waals surface area contributed by atoms with Gasteiger partial charge in [0.05, 0.1) is 41.6 Å². The molecule has 0 radical (unpaired) electrons. The largest absolute Gasteiger partial charge is 0.480 e. The number of rotatable bonds is 6. The van der Waals surface area contributed by atoms with Gasteiger partial charge in [0.2, 0.25) is 5.88 Å². The number of nitrogens with one attached hydrogen (secondary N) is 1. The van der Waals surface area contributed by atoms with Crippen LogP contribution in [0.5, 0.6) is 5.88 Å². The Morgan fingerprint density at radius 3 is 2.61 bits per heavy atom. The van der Waals surface area contributed by atoms with E-state index in [-0.39, 0.29) is 0 Å². The van der Waals surface area contributed by atoms with Gasteiger partial charge in [-0.2, -0.15) is 0 Å². The van der Waals surface area contributed by atoms with E-state index in [1.807, 2.05) is 19.2 Å². The molecule has 41 heavy (non-hydrogen) atoms. The fraction of sp³-hybridized carbons (Fsp3) is 0.400. The van der Waals surface area contributed by atoms with Gasteiger partial charge in [-0.1, -0.05) is 69.5 Å². The van der Waals surface area contributed by atoms with E-state index >= 15 is 0 Å². The van der Waals surface area contributed by atoms with Gasteiger partial charge in [-0.05, 0) is 62.1 Å². The average Bonchev–Trinajstić information content (AvgIpc) is 2.99. The first-order valence-electron chi connectivity index (χ1n) is 15.0. The van der Waals surface area contributed by atoms with Crippen LogP contribution in [0.3, 0.4) is 0 Å². The maximum atomic E-state index is 5.13. The van der Waals surface area contributed by atoms with Crippen LogP contribution in [-0.4, -0.2) is 36.6 Å². The lowest BCUT2D eigenvalue weighted by molar-refractivity contribution is 0.400. The summed E-state index contributed by atoms with van der Waals surface area (Å²) >= 11 is 0. The van der Waals surface area contributed by atoms with Gasteiger partial charge in [-0.3, -0.25) is 4.99 Å². The number of nitrogens with zero attached hydrogens (tertiary/aromatic N) is 4. The standard InChI is InChI=1S/C28H35N3.C7H10N2O/c1-4-24(19-17-21(2)3)31-27-16-9-8-14-25(27)30-26-15-10-13-23(18-20-28(26)31)29-22-11-6-5-7-12-22;1-8-6-4-3-5-9-7(6)10-2/h4,8-10,13-14,16-17,19-22H,5-7,11-12,15,18H2,1-3H3;3-5,8H,1-2H3/b13-10-,19-17-,24-4+,28-20+,29-23?;. The molecule has 216 valence electrons. The van der Waals surface area contributed by atoms with Crippen molar-refractivity contribution < 1.29 is 4.74 Å². The van der Waals surface area contributed by atoms with E-state index in [9.17, 15) is 0 Å². The van der Waals surface area contributed by atoms with Crippen LogP contribution in [-0.2, 0) is 0 Å². The lowest BCUT2D eigenvalue weighted by Gasteiger charge is -2.34. The number of fused-ring (bicyclic) bond motifs is 2. The normalized spacial score (nSPS) is 20.6. The van der Waals surface area contributed by atoms with Crippen LogP contribution in [0.25, 0.3) is 0 Å². The van der Waals surface area contributed by atoms with Gasteiger partial charge in [0.1, 0.15) is 0 Å². The third-order valence-electron chi connectivity index (χ3n) is 7.40. The van der Waals surface area contributed by atoms with Crippen molar-refractivity contribution in [2.45, 2.75) is 71.8 Å². The summed E-state index contributed by atoms with van der Waals surface area (Å²) in [5.74, 6) is 1.14. The molecule has 3 aliphatic rings. The molecule has 0 unspecified atom stereocenters. The Kier molecular flexibility index (Phi) is 11.1. The second kappa shape index (κ2) is 15.2. The van der Waals surface area contributed by atoms with Crippen LogP contribution in [0.4, 0.5) is 17.1 Å². The van der Waals surface area contributed by atoms with E-state index in [1.54, 1.807) is 13.3 Å². The highest BCUT2D eigenvalue weighted by Crippen LogP contribution is 2.40. The van der Waals surface area contributed by atoms with Crippen molar-refractivity contribution >= 4 is 28.5 Å². The molecule has 1 saturated carbocycles. The van der Waals surface area contributed by atoms with Crippen molar-refractivity contribution in [3.05, 3.63) is 90.4 Å². The number of aromatic nitrogens is 1. The summed E-state index contributed by atoms with van der Waals surface area (Å²) in [7, 11) is 3.43. The number of hydrogen-bond donors (Lipinski definition) is 1.